The highest BCUT2D eigenvalue weighted by molar-refractivity contribution is 9.11. The number of hydrogen-bond donors (Lipinski definition) is 0. The highest BCUT2D eigenvalue weighted by Gasteiger charge is 2.12. The van der Waals surface area contributed by atoms with E-state index in [1.807, 2.05) is 31.2 Å². The minimum absolute atomic E-state index is 0.131. The van der Waals surface area contributed by atoms with Crippen LogP contribution in [0.2, 0.25) is 5.02 Å². The first-order chi connectivity index (χ1) is 8.06. The van der Waals surface area contributed by atoms with E-state index in [2.05, 4.69) is 15.9 Å². The number of hydrogen-bond acceptors (Lipinski definition) is 2. The summed E-state index contributed by atoms with van der Waals surface area (Å²) in [4.78, 5) is 12.8. The Balaban J connectivity index is 2.17. The largest absolute Gasteiger partial charge is 0.293 e. The second kappa shape index (κ2) is 5.34. The summed E-state index contributed by atoms with van der Waals surface area (Å²) in [6, 6.07) is 9.33. The summed E-state index contributed by atoms with van der Waals surface area (Å²) < 4.78 is 1.02. The zero-order valence-electron chi connectivity index (χ0n) is 9.17. The van der Waals surface area contributed by atoms with E-state index in [9.17, 15) is 4.79 Å². The van der Waals surface area contributed by atoms with Gasteiger partial charge in [-0.05, 0) is 52.2 Å². The molecule has 0 saturated heterocycles. The van der Waals surface area contributed by atoms with Gasteiger partial charge >= 0.3 is 0 Å². The van der Waals surface area contributed by atoms with Gasteiger partial charge < -0.3 is 0 Å². The molecular formula is C13H10BrClOS. The molecule has 0 amide bonds. The summed E-state index contributed by atoms with van der Waals surface area (Å²) in [5.41, 5.74) is 2.05. The van der Waals surface area contributed by atoms with E-state index in [4.69, 9.17) is 11.6 Å². The first kappa shape index (κ1) is 12.8. The summed E-state index contributed by atoms with van der Waals surface area (Å²) in [5.74, 6) is 0.131. The van der Waals surface area contributed by atoms with Crippen LogP contribution in [0.5, 0.6) is 0 Å². The summed E-state index contributed by atoms with van der Waals surface area (Å²) in [7, 11) is 0. The monoisotopic (exact) mass is 328 g/mol. The quantitative estimate of drug-likeness (QED) is 0.732. The first-order valence-electron chi connectivity index (χ1n) is 5.10. The Morgan fingerprint density at radius 1 is 1.41 bits per heavy atom. The number of carbonyl (C=O) groups excluding carboxylic acids is 1. The Bertz CT molecular complexity index is 543. The van der Waals surface area contributed by atoms with E-state index in [0.717, 1.165) is 19.8 Å². The van der Waals surface area contributed by atoms with E-state index in [0.29, 0.717) is 11.4 Å². The van der Waals surface area contributed by atoms with Gasteiger partial charge in [0.25, 0.3) is 0 Å². The lowest BCUT2D eigenvalue weighted by Crippen LogP contribution is -2.00. The Kier molecular flexibility index (Phi) is 4.02. The number of halogens is 2. The van der Waals surface area contributed by atoms with E-state index in [1.165, 1.54) is 11.3 Å². The van der Waals surface area contributed by atoms with Gasteiger partial charge in [0.05, 0.1) is 8.66 Å². The van der Waals surface area contributed by atoms with Crippen LogP contribution < -0.4 is 0 Å². The van der Waals surface area contributed by atoms with Crippen molar-refractivity contribution in [1.29, 1.82) is 0 Å². The number of rotatable bonds is 3. The van der Waals surface area contributed by atoms with Crippen LogP contribution in [0.4, 0.5) is 0 Å². The molecule has 17 heavy (non-hydrogen) atoms. The van der Waals surface area contributed by atoms with Crippen LogP contribution in [0.15, 0.2) is 34.1 Å². The van der Waals surface area contributed by atoms with E-state index in [1.54, 1.807) is 6.07 Å². The lowest BCUT2D eigenvalue weighted by atomic mass is 10.1. The average Bonchev–Trinajstić information content (AvgIpc) is 2.59. The van der Waals surface area contributed by atoms with Gasteiger partial charge in [-0.15, -0.1) is 11.3 Å². The predicted molar refractivity (Wildman–Crippen MR) is 76.2 cm³/mol. The number of Topliss-reactive ketones (excluding diaryl/α,β-unsaturated/α-hetero) is 1. The fourth-order valence-corrected chi connectivity index (χ4v) is 3.20. The molecule has 1 aromatic heterocycles. The van der Waals surface area contributed by atoms with Crippen LogP contribution in [0.25, 0.3) is 0 Å². The SMILES string of the molecule is Cc1cc(C(=O)Cc2cccc(Cl)c2)sc1Br. The number of carbonyl (C=O) groups is 1. The fourth-order valence-electron chi connectivity index (χ4n) is 1.52. The third-order valence-corrected chi connectivity index (χ3v) is 4.80. The van der Waals surface area contributed by atoms with Crippen LogP contribution in [0.1, 0.15) is 20.8 Å². The maximum absolute atomic E-state index is 12.0. The molecule has 2 rings (SSSR count). The third kappa shape index (κ3) is 3.18. The van der Waals surface area contributed by atoms with Crippen LogP contribution in [-0.2, 0) is 6.42 Å². The van der Waals surface area contributed by atoms with Crippen LogP contribution in [0, 0.1) is 6.92 Å². The van der Waals surface area contributed by atoms with Gasteiger partial charge in [0.2, 0.25) is 0 Å². The van der Waals surface area contributed by atoms with Crippen molar-refractivity contribution < 1.29 is 4.79 Å². The predicted octanol–water partition coefficient (Wildman–Crippen LogP) is 4.90. The van der Waals surface area contributed by atoms with Gasteiger partial charge in [-0.3, -0.25) is 4.79 Å². The van der Waals surface area contributed by atoms with Gasteiger partial charge in [-0.2, -0.15) is 0 Å². The minimum Gasteiger partial charge on any atom is -0.293 e. The van der Waals surface area contributed by atoms with Crippen LogP contribution >= 0.6 is 38.9 Å². The van der Waals surface area contributed by atoms with Crippen molar-refractivity contribution >= 4 is 44.7 Å². The zero-order valence-corrected chi connectivity index (χ0v) is 12.3. The van der Waals surface area contributed by atoms with Gasteiger partial charge in [-0.1, -0.05) is 23.7 Å². The molecule has 0 unspecified atom stereocenters. The third-order valence-electron chi connectivity index (χ3n) is 2.39. The molecule has 0 saturated carbocycles. The smallest absolute Gasteiger partial charge is 0.177 e. The molecule has 88 valence electrons. The molecule has 0 atom stereocenters. The Morgan fingerprint density at radius 2 is 2.18 bits per heavy atom. The normalized spacial score (nSPS) is 10.5. The molecule has 0 fully saturated rings. The fraction of sp³-hybridized carbons (Fsp3) is 0.154. The molecule has 0 N–H and O–H groups in total. The molecular weight excluding hydrogens is 320 g/mol. The van der Waals surface area contributed by atoms with Crippen molar-refractivity contribution in [1.82, 2.24) is 0 Å². The van der Waals surface area contributed by atoms with Gasteiger partial charge in [-0.25, -0.2) is 0 Å². The molecule has 1 aromatic carbocycles. The number of benzene rings is 1. The van der Waals surface area contributed by atoms with Crippen molar-refractivity contribution in [2.24, 2.45) is 0 Å². The molecule has 0 spiro atoms. The summed E-state index contributed by atoms with van der Waals surface area (Å²) in [5, 5.41) is 0.666. The summed E-state index contributed by atoms with van der Waals surface area (Å²) >= 11 is 10.8. The topological polar surface area (TPSA) is 17.1 Å². The molecule has 4 heteroatoms. The Labute approximate surface area is 118 Å². The molecule has 0 aliphatic heterocycles. The molecule has 2 aromatic rings. The maximum atomic E-state index is 12.0. The first-order valence-corrected chi connectivity index (χ1v) is 7.08. The van der Waals surface area contributed by atoms with Gasteiger partial charge in [0.15, 0.2) is 5.78 Å². The number of ketones is 1. The summed E-state index contributed by atoms with van der Waals surface area (Å²) in [6.45, 7) is 1.98. The number of thiophene rings is 1. The molecule has 0 aliphatic rings. The van der Waals surface area contributed by atoms with E-state index < -0.39 is 0 Å². The number of aryl methyl sites for hydroxylation is 1. The van der Waals surface area contributed by atoms with Crippen LogP contribution in [-0.4, -0.2) is 5.78 Å². The van der Waals surface area contributed by atoms with Gasteiger partial charge in [0, 0.05) is 11.4 Å². The Morgan fingerprint density at radius 3 is 2.76 bits per heavy atom. The molecule has 0 radical (unpaired) electrons. The lowest BCUT2D eigenvalue weighted by molar-refractivity contribution is 0.0997. The van der Waals surface area contributed by atoms with E-state index >= 15 is 0 Å². The zero-order chi connectivity index (χ0) is 12.4. The average molecular weight is 330 g/mol. The Hall–Kier alpha value is -0.640. The van der Waals surface area contributed by atoms with Crippen molar-refractivity contribution in [3.05, 3.63) is 55.1 Å². The van der Waals surface area contributed by atoms with Crippen molar-refractivity contribution in [3.63, 3.8) is 0 Å². The summed E-state index contributed by atoms with van der Waals surface area (Å²) in [6.07, 6.45) is 0.396. The second-order valence-corrected chi connectivity index (χ2v) is 6.60. The van der Waals surface area contributed by atoms with Crippen LogP contribution in [0.3, 0.4) is 0 Å². The molecule has 0 aliphatic carbocycles. The standard InChI is InChI=1S/C13H10BrClOS/c1-8-5-12(17-13(8)14)11(16)7-9-3-2-4-10(15)6-9/h2-6H,7H2,1H3. The highest BCUT2D eigenvalue weighted by Crippen LogP contribution is 2.28. The highest BCUT2D eigenvalue weighted by atomic mass is 79.9. The van der Waals surface area contributed by atoms with Gasteiger partial charge in [0.1, 0.15) is 0 Å². The van der Waals surface area contributed by atoms with Crippen molar-refractivity contribution in [2.45, 2.75) is 13.3 Å². The molecule has 1 nitrogen and oxygen atoms in total. The minimum atomic E-state index is 0.131. The van der Waals surface area contributed by atoms with Crippen molar-refractivity contribution in [2.75, 3.05) is 0 Å². The lowest BCUT2D eigenvalue weighted by Gasteiger charge is -1.99. The molecule has 1 heterocycles. The van der Waals surface area contributed by atoms with Crippen molar-refractivity contribution in [3.8, 4) is 0 Å². The second-order valence-electron chi connectivity index (χ2n) is 3.80. The maximum Gasteiger partial charge on any atom is 0.177 e. The van der Waals surface area contributed by atoms with E-state index in [-0.39, 0.29) is 5.78 Å². The molecule has 0 bridgehead atoms.